The molecule has 0 saturated heterocycles. The van der Waals surface area contributed by atoms with Crippen LogP contribution in [0.3, 0.4) is 0 Å². The van der Waals surface area contributed by atoms with E-state index >= 15 is 0 Å². The van der Waals surface area contributed by atoms with Gasteiger partial charge in [0.15, 0.2) is 5.78 Å². The number of amides is 2. The number of aromatic nitrogens is 2. The fraction of sp³-hybridized carbons (Fsp3) is 0.824. The lowest BCUT2D eigenvalue weighted by molar-refractivity contribution is -0.137. The van der Waals surface area contributed by atoms with E-state index in [2.05, 4.69) is 32.8 Å². The molecule has 0 aliphatic rings. The van der Waals surface area contributed by atoms with Crippen LogP contribution in [0.15, 0.2) is 12.5 Å². The van der Waals surface area contributed by atoms with E-state index in [1.54, 1.807) is 41.5 Å². The lowest BCUT2D eigenvalue weighted by Crippen LogP contribution is -2.54. The monoisotopic (exact) mass is 932 g/mol. The van der Waals surface area contributed by atoms with Crippen molar-refractivity contribution < 1.29 is 43.3 Å². The molecule has 6 N–H and O–H groups in total. The molecule has 1 heterocycles. The van der Waals surface area contributed by atoms with Crippen molar-refractivity contribution in [2.75, 3.05) is 39.5 Å². The van der Waals surface area contributed by atoms with Gasteiger partial charge in [-0.15, -0.1) is 0 Å². The van der Waals surface area contributed by atoms with Crippen LogP contribution in [0.2, 0.25) is 0 Å². The quantitative estimate of drug-likeness (QED) is 0.0314. The number of hydrogen-bond acceptors (Lipinski definition) is 11. The normalized spacial score (nSPS) is 13.5. The average Bonchev–Trinajstić information content (AvgIpc) is 3.77. The third-order valence-corrected chi connectivity index (χ3v) is 12.6. The van der Waals surface area contributed by atoms with Gasteiger partial charge in [-0.2, -0.15) is 0 Å². The Morgan fingerprint density at radius 1 is 0.742 bits per heavy atom. The van der Waals surface area contributed by atoms with Crippen molar-refractivity contribution in [3.05, 3.63) is 18.2 Å². The number of nitrogens with one attached hydrogen (secondary N) is 5. The van der Waals surface area contributed by atoms with Crippen LogP contribution in [0.25, 0.3) is 0 Å². The number of Topliss-reactive ketones (excluding diaryl/α,β-unsaturated/α-hetero) is 4. The molecule has 0 aliphatic carbocycles. The van der Waals surface area contributed by atoms with E-state index in [-0.39, 0.29) is 74.4 Å². The SMILES string of the molecule is CCCCCCCCCCCCCCCC(O)NCCOCCOCC(=O)NCCCC[C@H](CC(=O)C(C)(C)CCC(=O)C(C)(C)CC(=O)C(C)(C)NC(=O)[C@@H]([NH])Cc1cnc[nH]1)C(C)=O. The van der Waals surface area contributed by atoms with E-state index in [4.69, 9.17) is 15.2 Å². The lowest BCUT2D eigenvalue weighted by Gasteiger charge is -2.31. The standard InChI is InChI=1S/C51H91N6O9/c1-9-10-11-12-13-14-15-16-17-18-19-20-21-25-46(62)55-29-30-65-31-32-66-37-47(63)54-28-23-22-24-40(39(2)58)33-44(60)49(3,4)27-26-43(59)50(5,6)35-45(61)51(7,8)57-48(64)42(52)34-41-36-53-38-56-41/h36,38,40,42,46,52,55,62H,9-35,37H2,1-8H3,(H,53,56)(H,54,63)(H,57,64)/t40-,42+,46?/m1/s1. The van der Waals surface area contributed by atoms with Crippen LogP contribution < -0.4 is 21.7 Å². The van der Waals surface area contributed by atoms with Crippen LogP contribution >= 0.6 is 0 Å². The first kappa shape index (κ1) is 60.6. The first-order chi connectivity index (χ1) is 31.2. The summed E-state index contributed by atoms with van der Waals surface area (Å²) in [5.74, 6) is -2.04. The molecule has 0 bridgehead atoms. The second-order valence-corrected chi connectivity index (χ2v) is 20.2. The zero-order chi connectivity index (χ0) is 49.4. The van der Waals surface area contributed by atoms with Crippen molar-refractivity contribution in [1.29, 1.82) is 0 Å². The van der Waals surface area contributed by atoms with E-state index in [1.165, 1.54) is 90.1 Å². The van der Waals surface area contributed by atoms with Gasteiger partial charge in [0.2, 0.25) is 11.8 Å². The zero-order valence-electron chi connectivity index (χ0n) is 42.3. The number of rotatable bonds is 43. The van der Waals surface area contributed by atoms with Crippen LogP contribution in [0, 0.1) is 16.7 Å². The number of aliphatic hydroxyl groups is 1. The van der Waals surface area contributed by atoms with E-state index in [1.807, 2.05) is 0 Å². The van der Waals surface area contributed by atoms with Gasteiger partial charge >= 0.3 is 0 Å². The molecule has 0 fully saturated rings. The molecule has 379 valence electrons. The van der Waals surface area contributed by atoms with Gasteiger partial charge < -0.3 is 30.2 Å². The Labute approximate surface area is 397 Å². The number of unbranched alkanes of at least 4 members (excludes halogenated alkanes) is 13. The van der Waals surface area contributed by atoms with Gasteiger partial charge in [0.25, 0.3) is 0 Å². The van der Waals surface area contributed by atoms with Gasteiger partial charge in [-0.25, -0.2) is 10.7 Å². The maximum Gasteiger partial charge on any atom is 0.245 e. The second kappa shape index (κ2) is 34.0. The highest BCUT2D eigenvalue weighted by molar-refractivity contribution is 5.97. The molecule has 15 heteroatoms. The summed E-state index contributed by atoms with van der Waals surface area (Å²) >= 11 is 0. The van der Waals surface area contributed by atoms with Gasteiger partial charge in [0.1, 0.15) is 36.2 Å². The molecule has 1 unspecified atom stereocenters. The van der Waals surface area contributed by atoms with E-state index < -0.39 is 40.5 Å². The van der Waals surface area contributed by atoms with Gasteiger partial charge in [0.05, 0.1) is 31.7 Å². The minimum atomic E-state index is -1.30. The van der Waals surface area contributed by atoms with Crippen molar-refractivity contribution in [2.24, 2.45) is 16.7 Å². The zero-order valence-corrected chi connectivity index (χ0v) is 42.3. The first-order valence-electron chi connectivity index (χ1n) is 25.2. The average molecular weight is 932 g/mol. The molecule has 0 saturated carbocycles. The fourth-order valence-corrected chi connectivity index (χ4v) is 7.68. The maximum atomic E-state index is 13.5. The van der Waals surface area contributed by atoms with Crippen LogP contribution in [0.5, 0.6) is 0 Å². The van der Waals surface area contributed by atoms with Gasteiger partial charge in [-0.1, -0.05) is 118 Å². The number of carbonyl (C=O) groups is 6. The predicted molar refractivity (Wildman–Crippen MR) is 259 cm³/mol. The molecule has 1 radical (unpaired) electrons. The Morgan fingerprint density at radius 3 is 1.92 bits per heavy atom. The van der Waals surface area contributed by atoms with Crippen LogP contribution in [0.1, 0.15) is 196 Å². The number of imidazole rings is 1. The van der Waals surface area contributed by atoms with E-state index in [0.29, 0.717) is 51.3 Å². The number of ketones is 4. The highest BCUT2D eigenvalue weighted by atomic mass is 16.5. The van der Waals surface area contributed by atoms with Crippen LogP contribution in [0.4, 0.5) is 0 Å². The van der Waals surface area contributed by atoms with Crippen molar-refractivity contribution in [2.45, 2.75) is 214 Å². The summed E-state index contributed by atoms with van der Waals surface area (Å²) in [4.78, 5) is 84.4. The summed E-state index contributed by atoms with van der Waals surface area (Å²) in [6, 6.07) is -1.14. The molecule has 1 aromatic rings. The Bertz CT molecular complexity index is 1530. The first-order valence-corrected chi connectivity index (χ1v) is 25.2. The van der Waals surface area contributed by atoms with Gasteiger partial charge in [-0.3, -0.25) is 34.1 Å². The summed E-state index contributed by atoms with van der Waals surface area (Å²) < 4.78 is 11.0. The van der Waals surface area contributed by atoms with E-state index in [0.717, 1.165) is 19.3 Å². The molecule has 2 amide bonds. The minimum absolute atomic E-state index is 0.0576. The molecule has 1 aromatic heterocycles. The number of aromatic amines is 1. The largest absolute Gasteiger partial charge is 0.379 e. The number of nitrogens with zero attached hydrogens (tertiary/aromatic N) is 1. The summed E-state index contributed by atoms with van der Waals surface area (Å²) in [7, 11) is 0. The molecular weight excluding hydrogens is 841 g/mol. The fourth-order valence-electron chi connectivity index (χ4n) is 7.68. The van der Waals surface area contributed by atoms with Gasteiger partial charge in [-0.05, 0) is 52.9 Å². The smallest absolute Gasteiger partial charge is 0.245 e. The number of hydrogen-bond donors (Lipinski definition) is 5. The Balaban J connectivity index is 2.21. The van der Waals surface area contributed by atoms with Crippen molar-refractivity contribution >= 4 is 34.9 Å². The third kappa shape index (κ3) is 28.1. The molecular formula is C51H91N6O9. The molecule has 0 aromatic carbocycles. The molecule has 3 atom stereocenters. The number of ether oxygens (including phenoxy) is 2. The molecule has 0 aliphatic heterocycles. The highest BCUT2D eigenvalue weighted by Gasteiger charge is 2.39. The summed E-state index contributed by atoms with van der Waals surface area (Å²) in [6.07, 6.45) is 22.2. The summed E-state index contributed by atoms with van der Waals surface area (Å²) in [5, 5.41) is 18.7. The minimum Gasteiger partial charge on any atom is -0.379 e. The predicted octanol–water partition coefficient (Wildman–Crippen LogP) is 7.73. The molecule has 66 heavy (non-hydrogen) atoms. The summed E-state index contributed by atoms with van der Waals surface area (Å²) in [6.45, 7) is 15.7. The number of carbonyl (C=O) groups excluding carboxylic acids is 6. The lowest BCUT2D eigenvalue weighted by atomic mass is 9.73. The second-order valence-electron chi connectivity index (χ2n) is 20.2. The summed E-state index contributed by atoms with van der Waals surface area (Å²) in [5.41, 5.74) is 5.58. The van der Waals surface area contributed by atoms with Crippen molar-refractivity contribution in [1.82, 2.24) is 31.7 Å². The molecule has 15 nitrogen and oxygen atoms in total. The Kier molecular flexibility index (Phi) is 31.2. The van der Waals surface area contributed by atoms with Crippen molar-refractivity contribution in [3.8, 4) is 0 Å². The molecule has 1 rings (SSSR count). The maximum absolute atomic E-state index is 13.5. The van der Waals surface area contributed by atoms with E-state index in [9.17, 15) is 33.9 Å². The third-order valence-electron chi connectivity index (χ3n) is 12.6. The number of H-pyrrole nitrogens is 1. The highest BCUT2D eigenvalue weighted by Crippen LogP contribution is 2.33. The Hall–Kier alpha value is -3.37. The number of aliphatic hydroxyl groups excluding tert-OH is 1. The molecule has 0 spiro atoms. The van der Waals surface area contributed by atoms with Crippen molar-refractivity contribution in [3.63, 3.8) is 0 Å². The van der Waals surface area contributed by atoms with Crippen LogP contribution in [-0.4, -0.2) is 107 Å². The van der Waals surface area contributed by atoms with Gasteiger partial charge in [0, 0.05) is 67.4 Å². The topological polar surface area (TPSA) is 230 Å². The van der Waals surface area contributed by atoms with Crippen LogP contribution in [-0.2, 0) is 44.7 Å². The Morgan fingerprint density at radius 2 is 1.33 bits per heavy atom.